The van der Waals surface area contributed by atoms with Crippen molar-refractivity contribution in [1.82, 2.24) is 4.90 Å². The Morgan fingerprint density at radius 3 is 2.35 bits per heavy atom. The van der Waals surface area contributed by atoms with Gasteiger partial charge in [0, 0.05) is 18.2 Å². The second-order valence-corrected chi connectivity index (χ2v) is 5.88. The van der Waals surface area contributed by atoms with E-state index in [2.05, 4.69) is 37.9 Å². The SMILES string of the molecule is CCC(C)N(C(=S)Nc1ccc([N+](=O)[O-])cc1OC)C(C)CC. The topological polar surface area (TPSA) is 67.6 Å². The summed E-state index contributed by atoms with van der Waals surface area (Å²) in [5, 5.41) is 14.6. The van der Waals surface area contributed by atoms with Crippen LogP contribution in [0.25, 0.3) is 0 Å². The van der Waals surface area contributed by atoms with Gasteiger partial charge in [0.1, 0.15) is 5.75 Å². The van der Waals surface area contributed by atoms with E-state index in [1.54, 1.807) is 6.07 Å². The van der Waals surface area contributed by atoms with Gasteiger partial charge in [-0.3, -0.25) is 10.1 Å². The fourth-order valence-corrected chi connectivity index (χ4v) is 2.77. The van der Waals surface area contributed by atoms with E-state index in [1.807, 2.05) is 0 Å². The van der Waals surface area contributed by atoms with Gasteiger partial charge < -0.3 is 15.0 Å². The predicted octanol–water partition coefficient (Wildman–Crippen LogP) is 4.20. The maximum absolute atomic E-state index is 10.9. The van der Waals surface area contributed by atoms with Gasteiger partial charge in [-0.05, 0) is 45.0 Å². The van der Waals surface area contributed by atoms with Crippen LogP contribution in [-0.2, 0) is 0 Å². The van der Waals surface area contributed by atoms with Gasteiger partial charge in [-0.25, -0.2) is 0 Å². The largest absolute Gasteiger partial charge is 0.494 e. The van der Waals surface area contributed by atoms with Crippen molar-refractivity contribution < 1.29 is 9.66 Å². The van der Waals surface area contributed by atoms with Gasteiger partial charge in [-0.1, -0.05) is 13.8 Å². The number of benzene rings is 1. The van der Waals surface area contributed by atoms with E-state index in [4.69, 9.17) is 17.0 Å². The molecule has 1 aromatic rings. The molecule has 0 spiro atoms. The maximum Gasteiger partial charge on any atom is 0.273 e. The van der Waals surface area contributed by atoms with Crippen LogP contribution in [0.15, 0.2) is 18.2 Å². The highest BCUT2D eigenvalue weighted by Crippen LogP contribution is 2.29. The molecular formula is C16H25N3O3S. The Morgan fingerprint density at radius 1 is 1.35 bits per heavy atom. The number of anilines is 1. The fourth-order valence-electron chi connectivity index (χ4n) is 2.30. The summed E-state index contributed by atoms with van der Waals surface area (Å²) < 4.78 is 5.25. The molecule has 0 amide bonds. The molecule has 0 saturated carbocycles. The number of ether oxygens (including phenoxy) is 1. The minimum absolute atomic E-state index is 0.0148. The predicted molar refractivity (Wildman–Crippen MR) is 97.2 cm³/mol. The molecule has 7 heteroatoms. The van der Waals surface area contributed by atoms with Gasteiger partial charge >= 0.3 is 0 Å². The molecule has 2 unspecified atom stereocenters. The third kappa shape index (κ3) is 4.79. The number of nitro benzene ring substituents is 1. The third-order valence-corrected chi connectivity index (χ3v) is 4.32. The summed E-state index contributed by atoms with van der Waals surface area (Å²) in [5.74, 6) is 0.398. The molecule has 23 heavy (non-hydrogen) atoms. The van der Waals surface area contributed by atoms with E-state index in [-0.39, 0.29) is 5.69 Å². The van der Waals surface area contributed by atoms with Crippen molar-refractivity contribution in [3.05, 3.63) is 28.3 Å². The zero-order valence-corrected chi connectivity index (χ0v) is 15.1. The minimum Gasteiger partial charge on any atom is -0.494 e. The van der Waals surface area contributed by atoms with Crippen LogP contribution in [0.5, 0.6) is 5.75 Å². The van der Waals surface area contributed by atoms with Crippen molar-refractivity contribution >= 4 is 28.7 Å². The van der Waals surface area contributed by atoms with Gasteiger partial charge in [0.2, 0.25) is 0 Å². The Labute approximate surface area is 143 Å². The molecule has 0 aliphatic rings. The zero-order valence-electron chi connectivity index (χ0n) is 14.3. The molecule has 128 valence electrons. The standard InChI is InChI=1S/C16H25N3O3S/c1-6-11(3)18(12(4)7-2)16(23)17-14-9-8-13(19(20)21)10-15(14)22-5/h8-12H,6-7H2,1-5H3,(H,17,23). The molecule has 0 aliphatic carbocycles. The number of thiocarbonyl (C=S) groups is 1. The molecule has 1 aromatic carbocycles. The molecule has 0 heterocycles. The van der Waals surface area contributed by atoms with Crippen molar-refractivity contribution in [2.75, 3.05) is 12.4 Å². The first-order chi connectivity index (χ1) is 10.8. The van der Waals surface area contributed by atoms with Crippen molar-refractivity contribution in [3.8, 4) is 5.75 Å². The number of nitro groups is 1. The second kappa shape index (κ2) is 8.67. The molecule has 0 bridgehead atoms. The summed E-state index contributed by atoms with van der Waals surface area (Å²) in [6.07, 6.45) is 1.95. The molecule has 0 saturated heterocycles. The monoisotopic (exact) mass is 339 g/mol. The summed E-state index contributed by atoms with van der Waals surface area (Å²) in [5.41, 5.74) is 0.610. The van der Waals surface area contributed by atoms with Gasteiger partial charge in [-0.15, -0.1) is 0 Å². The van der Waals surface area contributed by atoms with E-state index < -0.39 is 4.92 Å². The number of nitrogens with zero attached hydrogens (tertiary/aromatic N) is 2. The third-order valence-electron chi connectivity index (χ3n) is 4.00. The molecule has 2 atom stereocenters. The number of rotatable bonds is 7. The number of methoxy groups -OCH3 is 1. The maximum atomic E-state index is 10.9. The average Bonchev–Trinajstić information content (AvgIpc) is 2.54. The van der Waals surface area contributed by atoms with Crippen LogP contribution in [0.4, 0.5) is 11.4 Å². The lowest BCUT2D eigenvalue weighted by atomic mass is 10.1. The normalized spacial score (nSPS) is 13.1. The first-order valence-electron chi connectivity index (χ1n) is 7.77. The van der Waals surface area contributed by atoms with Crippen LogP contribution < -0.4 is 10.1 Å². The smallest absolute Gasteiger partial charge is 0.273 e. The van der Waals surface area contributed by atoms with Crippen LogP contribution >= 0.6 is 12.2 Å². The fraction of sp³-hybridized carbons (Fsp3) is 0.562. The van der Waals surface area contributed by atoms with Crippen LogP contribution in [0.1, 0.15) is 40.5 Å². The Balaban J connectivity index is 3.04. The molecule has 0 fully saturated rings. The first kappa shape index (κ1) is 19.2. The lowest BCUT2D eigenvalue weighted by Gasteiger charge is -2.36. The zero-order chi connectivity index (χ0) is 17.6. The van der Waals surface area contributed by atoms with E-state index >= 15 is 0 Å². The molecule has 0 radical (unpaired) electrons. The van der Waals surface area contributed by atoms with Crippen LogP contribution in [-0.4, -0.2) is 34.1 Å². The number of hydrogen-bond donors (Lipinski definition) is 1. The Kier molecular flexibility index (Phi) is 7.22. The molecular weight excluding hydrogens is 314 g/mol. The van der Waals surface area contributed by atoms with Gasteiger partial charge in [0.05, 0.1) is 23.8 Å². The van der Waals surface area contributed by atoms with Crippen molar-refractivity contribution in [2.24, 2.45) is 0 Å². The Morgan fingerprint density at radius 2 is 1.91 bits per heavy atom. The van der Waals surface area contributed by atoms with E-state index in [9.17, 15) is 10.1 Å². The van der Waals surface area contributed by atoms with Crippen molar-refractivity contribution in [3.63, 3.8) is 0 Å². The highest BCUT2D eigenvalue weighted by Gasteiger charge is 2.22. The first-order valence-corrected chi connectivity index (χ1v) is 8.18. The Hall–Kier alpha value is -1.89. The van der Waals surface area contributed by atoms with E-state index in [1.165, 1.54) is 19.2 Å². The van der Waals surface area contributed by atoms with Gasteiger partial charge in [0.25, 0.3) is 5.69 Å². The van der Waals surface area contributed by atoms with Crippen LogP contribution in [0, 0.1) is 10.1 Å². The van der Waals surface area contributed by atoms with Crippen LogP contribution in [0.3, 0.4) is 0 Å². The number of non-ortho nitro benzene ring substituents is 1. The molecule has 0 aromatic heterocycles. The number of hydrogen-bond acceptors (Lipinski definition) is 4. The lowest BCUT2D eigenvalue weighted by molar-refractivity contribution is -0.384. The lowest BCUT2D eigenvalue weighted by Crippen LogP contribution is -2.46. The van der Waals surface area contributed by atoms with Gasteiger partial charge in [-0.2, -0.15) is 0 Å². The highest BCUT2D eigenvalue weighted by atomic mass is 32.1. The second-order valence-electron chi connectivity index (χ2n) is 5.49. The van der Waals surface area contributed by atoms with Gasteiger partial charge in [0.15, 0.2) is 5.11 Å². The van der Waals surface area contributed by atoms with E-state index in [0.717, 1.165) is 12.8 Å². The number of nitrogens with one attached hydrogen (secondary N) is 1. The highest BCUT2D eigenvalue weighted by molar-refractivity contribution is 7.80. The summed E-state index contributed by atoms with van der Waals surface area (Å²) in [6, 6.07) is 5.05. The minimum atomic E-state index is -0.449. The van der Waals surface area contributed by atoms with E-state index in [0.29, 0.717) is 28.6 Å². The average molecular weight is 339 g/mol. The molecule has 1 rings (SSSR count). The quantitative estimate of drug-likeness (QED) is 0.456. The molecule has 6 nitrogen and oxygen atoms in total. The van der Waals surface area contributed by atoms with Crippen molar-refractivity contribution in [1.29, 1.82) is 0 Å². The van der Waals surface area contributed by atoms with Crippen molar-refractivity contribution in [2.45, 2.75) is 52.6 Å². The van der Waals surface area contributed by atoms with Crippen LogP contribution in [0.2, 0.25) is 0 Å². The summed E-state index contributed by atoms with van der Waals surface area (Å²) >= 11 is 5.56. The molecule has 1 N–H and O–H groups in total. The Bertz CT molecular complexity index is 556. The molecule has 0 aliphatic heterocycles. The summed E-state index contributed by atoms with van der Waals surface area (Å²) in [6.45, 7) is 8.50. The summed E-state index contributed by atoms with van der Waals surface area (Å²) in [4.78, 5) is 12.6. The summed E-state index contributed by atoms with van der Waals surface area (Å²) in [7, 11) is 1.48.